The molecule has 0 fully saturated rings. The number of aryl methyl sites for hydroxylation is 1. The molecular weight excluding hydrogens is 372 g/mol. The smallest absolute Gasteiger partial charge is 0.411 e. The van der Waals surface area contributed by atoms with Crippen molar-refractivity contribution >= 4 is 45.2 Å². The Hall–Kier alpha value is -3.88. The number of fused-ring (bicyclic) bond motifs is 2. The third-order valence-corrected chi connectivity index (χ3v) is 4.50. The Morgan fingerprint density at radius 2 is 2.10 bits per heavy atom. The predicted octanol–water partition coefficient (Wildman–Crippen LogP) is 4.14. The van der Waals surface area contributed by atoms with Crippen LogP contribution in [0.2, 0.25) is 0 Å². The van der Waals surface area contributed by atoms with Gasteiger partial charge in [0.15, 0.2) is 0 Å². The van der Waals surface area contributed by atoms with Gasteiger partial charge in [0.1, 0.15) is 5.75 Å². The van der Waals surface area contributed by atoms with Gasteiger partial charge in [-0.1, -0.05) is 0 Å². The molecule has 0 bridgehead atoms. The molecule has 2 aromatic heterocycles. The van der Waals surface area contributed by atoms with Gasteiger partial charge in [0.2, 0.25) is 5.95 Å². The molecule has 2 aromatic carbocycles. The number of benzene rings is 2. The van der Waals surface area contributed by atoms with E-state index in [4.69, 9.17) is 9.47 Å². The average Bonchev–Trinajstić information content (AvgIpc) is 3.18. The zero-order valence-corrected chi connectivity index (χ0v) is 16.2. The molecule has 0 aliphatic rings. The van der Waals surface area contributed by atoms with E-state index in [1.54, 1.807) is 32.5 Å². The lowest BCUT2D eigenvalue weighted by Gasteiger charge is -2.11. The Balaban J connectivity index is 1.70. The van der Waals surface area contributed by atoms with Crippen molar-refractivity contribution in [1.29, 1.82) is 0 Å². The van der Waals surface area contributed by atoms with Crippen molar-refractivity contribution in [3.63, 3.8) is 0 Å². The molecule has 148 valence electrons. The molecule has 0 radical (unpaired) electrons. The summed E-state index contributed by atoms with van der Waals surface area (Å²) in [4.78, 5) is 20.9. The molecule has 0 saturated heterocycles. The van der Waals surface area contributed by atoms with Crippen molar-refractivity contribution in [1.82, 2.24) is 20.2 Å². The van der Waals surface area contributed by atoms with Crippen LogP contribution in [0.15, 0.2) is 36.7 Å². The number of anilines is 3. The maximum atomic E-state index is 11.9. The molecule has 1 amide bonds. The first-order chi connectivity index (χ1) is 14.1. The van der Waals surface area contributed by atoms with E-state index < -0.39 is 6.09 Å². The highest BCUT2D eigenvalue weighted by Crippen LogP contribution is 2.30. The molecule has 0 atom stereocenters. The van der Waals surface area contributed by atoms with Gasteiger partial charge in [-0.25, -0.2) is 14.8 Å². The van der Waals surface area contributed by atoms with Gasteiger partial charge in [-0.2, -0.15) is 5.10 Å². The fraction of sp³-hybridized carbons (Fsp3) is 0.200. The lowest BCUT2D eigenvalue weighted by atomic mass is 10.1. The minimum atomic E-state index is -0.531. The third kappa shape index (κ3) is 3.62. The van der Waals surface area contributed by atoms with Crippen LogP contribution in [0.25, 0.3) is 21.8 Å². The normalized spacial score (nSPS) is 10.9. The summed E-state index contributed by atoms with van der Waals surface area (Å²) < 4.78 is 10.4. The zero-order chi connectivity index (χ0) is 20.4. The number of nitrogens with one attached hydrogen (secondary N) is 3. The second kappa shape index (κ2) is 7.63. The van der Waals surface area contributed by atoms with Gasteiger partial charge in [-0.15, -0.1) is 0 Å². The van der Waals surface area contributed by atoms with E-state index in [1.807, 2.05) is 25.1 Å². The third-order valence-electron chi connectivity index (χ3n) is 4.50. The van der Waals surface area contributed by atoms with Gasteiger partial charge in [0, 0.05) is 28.2 Å². The van der Waals surface area contributed by atoms with Crippen LogP contribution in [0.1, 0.15) is 12.5 Å². The van der Waals surface area contributed by atoms with Gasteiger partial charge in [-0.3, -0.25) is 10.4 Å². The summed E-state index contributed by atoms with van der Waals surface area (Å²) in [6.45, 7) is 3.99. The number of hydrogen-bond donors (Lipinski definition) is 3. The zero-order valence-electron chi connectivity index (χ0n) is 16.2. The van der Waals surface area contributed by atoms with Crippen LogP contribution in [0.3, 0.4) is 0 Å². The number of aromatic amines is 1. The summed E-state index contributed by atoms with van der Waals surface area (Å²) in [5.74, 6) is 1.19. The molecule has 0 spiro atoms. The molecule has 29 heavy (non-hydrogen) atoms. The summed E-state index contributed by atoms with van der Waals surface area (Å²) in [5, 5.41) is 14.6. The number of rotatable bonds is 5. The van der Waals surface area contributed by atoms with Gasteiger partial charge in [-0.05, 0) is 38.1 Å². The number of nitrogens with zero attached hydrogens (tertiary/aromatic N) is 3. The Labute approximate surface area is 166 Å². The monoisotopic (exact) mass is 392 g/mol. The summed E-state index contributed by atoms with van der Waals surface area (Å²) in [6.07, 6.45) is 2.86. The first-order valence-electron chi connectivity index (χ1n) is 9.07. The number of methoxy groups -OCH3 is 1. The van der Waals surface area contributed by atoms with E-state index in [1.165, 1.54) is 0 Å². The van der Waals surface area contributed by atoms with Gasteiger partial charge in [0.25, 0.3) is 0 Å². The molecule has 4 rings (SSSR count). The second-order valence-corrected chi connectivity index (χ2v) is 6.35. The molecule has 2 heterocycles. The van der Waals surface area contributed by atoms with Crippen LogP contribution < -0.4 is 15.4 Å². The minimum Gasteiger partial charge on any atom is -0.496 e. The SMILES string of the molecule is CCOC(=O)Nc1cc(Nc2ncc3ccc(OC)c(C)c3n2)cc2[nH]ncc12. The fourth-order valence-corrected chi connectivity index (χ4v) is 3.14. The second-order valence-electron chi connectivity index (χ2n) is 6.35. The van der Waals surface area contributed by atoms with Crippen molar-refractivity contribution in [2.24, 2.45) is 0 Å². The van der Waals surface area contributed by atoms with Crippen molar-refractivity contribution in [3.05, 3.63) is 42.2 Å². The van der Waals surface area contributed by atoms with Crippen molar-refractivity contribution in [2.75, 3.05) is 24.4 Å². The molecular formula is C20H20N6O3. The molecule has 3 N–H and O–H groups in total. The molecule has 0 aliphatic carbocycles. The summed E-state index contributed by atoms with van der Waals surface area (Å²) in [5.41, 5.74) is 3.74. The number of carbonyl (C=O) groups is 1. The molecule has 0 unspecified atom stereocenters. The minimum absolute atomic E-state index is 0.284. The van der Waals surface area contributed by atoms with Crippen LogP contribution in [-0.2, 0) is 4.74 Å². The summed E-state index contributed by atoms with van der Waals surface area (Å²) in [7, 11) is 1.63. The van der Waals surface area contributed by atoms with Gasteiger partial charge in [0.05, 0.1) is 36.6 Å². The molecule has 9 nitrogen and oxygen atoms in total. The van der Waals surface area contributed by atoms with Crippen molar-refractivity contribution in [2.45, 2.75) is 13.8 Å². The van der Waals surface area contributed by atoms with E-state index in [0.717, 1.165) is 33.1 Å². The first kappa shape index (κ1) is 18.5. The van der Waals surface area contributed by atoms with Crippen molar-refractivity contribution < 1.29 is 14.3 Å². The van der Waals surface area contributed by atoms with Gasteiger partial charge < -0.3 is 14.8 Å². The highest BCUT2D eigenvalue weighted by molar-refractivity contribution is 6.00. The van der Waals surface area contributed by atoms with E-state index >= 15 is 0 Å². The fourth-order valence-electron chi connectivity index (χ4n) is 3.14. The Kier molecular flexibility index (Phi) is 4.86. The van der Waals surface area contributed by atoms with Crippen LogP contribution >= 0.6 is 0 Å². The topological polar surface area (TPSA) is 114 Å². The van der Waals surface area contributed by atoms with Crippen LogP contribution in [0.4, 0.5) is 22.1 Å². The summed E-state index contributed by atoms with van der Waals surface area (Å²) in [6, 6.07) is 7.46. The number of carbonyl (C=O) groups excluding carboxylic acids is 1. The van der Waals surface area contributed by atoms with Crippen LogP contribution in [0, 0.1) is 6.92 Å². The lowest BCUT2D eigenvalue weighted by Crippen LogP contribution is -2.13. The Morgan fingerprint density at radius 1 is 1.24 bits per heavy atom. The number of aromatic nitrogens is 4. The molecule has 0 saturated carbocycles. The standard InChI is InChI=1S/C20H20N6O3/c1-4-29-20(27)24-15-7-13(8-16-14(15)10-22-26-16)23-19-21-9-12-5-6-17(28-3)11(2)18(12)25-19/h5-10H,4H2,1-3H3,(H,22,26)(H,24,27)(H,21,23,25). The number of ether oxygens (including phenoxy) is 2. The lowest BCUT2D eigenvalue weighted by molar-refractivity contribution is 0.168. The van der Waals surface area contributed by atoms with Gasteiger partial charge >= 0.3 is 6.09 Å². The Morgan fingerprint density at radius 3 is 2.90 bits per heavy atom. The number of H-pyrrole nitrogens is 1. The quantitative estimate of drug-likeness (QED) is 0.468. The highest BCUT2D eigenvalue weighted by atomic mass is 16.5. The summed E-state index contributed by atoms with van der Waals surface area (Å²) >= 11 is 0. The molecule has 0 aliphatic heterocycles. The average molecular weight is 392 g/mol. The highest BCUT2D eigenvalue weighted by Gasteiger charge is 2.12. The number of hydrogen-bond acceptors (Lipinski definition) is 7. The van der Waals surface area contributed by atoms with Crippen LogP contribution in [0.5, 0.6) is 5.75 Å². The predicted molar refractivity (Wildman–Crippen MR) is 111 cm³/mol. The van der Waals surface area contributed by atoms with E-state index in [-0.39, 0.29) is 6.61 Å². The molecule has 9 heteroatoms. The first-order valence-corrected chi connectivity index (χ1v) is 9.07. The van der Waals surface area contributed by atoms with E-state index in [9.17, 15) is 4.79 Å². The van der Waals surface area contributed by atoms with E-state index in [0.29, 0.717) is 17.3 Å². The maximum Gasteiger partial charge on any atom is 0.411 e. The van der Waals surface area contributed by atoms with Crippen LogP contribution in [-0.4, -0.2) is 40.0 Å². The largest absolute Gasteiger partial charge is 0.496 e. The van der Waals surface area contributed by atoms with Crippen molar-refractivity contribution in [3.8, 4) is 5.75 Å². The number of amides is 1. The Bertz CT molecular complexity index is 1200. The van der Waals surface area contributed by atoms with E-state index in [2.05, 4.69) is 30.8 Å². The molecule has 4 aromatic rings. The maximum absolute atomic E-state index is 11.9.